The van der Waals surface area contributed by atoms with Gasteiger partial charge in [-0.3, -0.25) is 9.69 Å². The second-order valence-corrected chi connectivity index (χ2v) is 6.83. The van der Waals surface area contributed by atoms with Crippen molar-refractivity contribution in [2.75, 3.05) is 19.7 Å². The zero-order valence-corrected chi connectivity index (χ0v) is 15.0. The van der Waals surface area contributed by atoms with E-state index in [-0.39, 0.29) is 12.3 Å². The molecule has 1 fully saturated rings. The van der Waals surface area contributed by atoms with Gasteiger partial charge in [-0.25, -0.2) is 9.48 Å². The van der Waals surface area contributed by atoms with Crippen molar-refractivity contribution < 1.29 is 19.4 Å². The van der Waals surface area contributed by atoms with Gasteiger partial charge in [0.15, 0.2) is 5.69 Å². The van der Waals surface area contributed by atoms with Crippen LogP contribution in [-0.4, -0.2) is 51.4 Å². The van der Waals surface area contributed by atoms with Crippen molar-refractivity contribution in [2.45, 2.75) is 26.8 Å². The Morgan fingerprint density at radius 2 is 2.04 bits per heavy atom. The average Bonchev–Trinajstić information content (AvgIpc) is 3.21. The van der Waals surface area contributed by atoms with Crippen molar-refractivity contribution in [3.63, 3.8) is 0 Å². The van der Waals surface area contributed by atoms with E-state index >= 15 is 0 Å². The van der Waals surface area contributed by atoms with Gasteiger partial charge in [0.25, 0.3) is 0 Å². The van der Waals surface area contributed by atoms with E-state index in [1.54, 1.807) is 18.5 Å². The number of esters is 1. The van der Waals surface area contributed by atoms with E-state index < -0.39 is 17.4 Å². The first-order valence-corrected chi connectivity index (χ1v) is 8.70. The zero-order chi connectivity index (χ0) is 18.7. The number of carboxylic acid groups (broad SMARTS) is 1. The number of aliphatic carboxylic acids is 1. The largest absolute Gasteiger partial charge is 0.481 e. The van der Waals surface area contributed by atoms with Gasteiger partial charge in [-0.05, 0) is 38.9 Å². The van der Waals surface area contributed by atoms with E-state index in [2.05, 4.69) is 5.10 Å². The van der Waals surface area contributed by atoms with Crippen molar-refractivity contribution in [3.05, 3.63) is 47.8 Å². The van der Waals surface area contributed by atoms with Crippen LogP contribution in [0, 0.1) is 5.41 Å². The number of carboxylic acids is 1. The van der Waals surface area contributed by atoms with Crippen LogP contribution in [0.2, 0.25) is 0 Å². The maximum absolute atomic E-state index is 12.3. The SMILES string of the molecule is CCOC(=O)c1nn(-c2ccccc2)cc1CN1CCC(C)(C(=O)O)C1. The van der Waals surface area contributed by atoms with Gasteiger partial charge in [0.05, 0.1) is 17.7 Å². The number of carbonyl (C=O) groups is 2. The molecule has 2 aromatic rings. The van der Waals surface area contributed by atoms with Crippen LogP contribution in [0.5, 0.6) is 0 Å². The van der Waals surface area contributed by atoms with E-state index in [1.807, 2.05) is 41.4 Å². The summed E-state index contributed by atoms with van der Waals surface area (Å²) in [6.07, 6.45) is 2.40. The molecule has 1 saturated heterocycles. The topological polar surface area (TPSA) is 84.7 Å². The summed E-state index contributed by atoms with van der Waals surface area (Å²) in [4.78, 5) is 25.8. The summed E-state index contributed by atoms with van der Waals surface area (Å²) in [6.45, 7) is 5.36. The van der Waals surface area contributed by atoms with Crippen molar-refractivity contribution in [1.29, 1.82) is 0 Å². The number of hydrogen-bond donors (Lipinski definition) is 1. The predicted molar refractivity (Wildman–Crippen MR) is 95.2 cm³/mol. The number of aromatic nitrogens is 2. The fraction of sp³-hybridized carbons (Fsp3) is 0.421. The van der Waals surface area contributed by atoms with Gasteiger partial charge in [-0.2, -0.15) is 5.10 Å². The second kappa shape index (κ2) is 7.29. The third kappa shape index (κ3) is 3.62. The monoisotopic (exact) mass is 357 g/mol. The molecule has 1 aliphatic heterocycles. The molecular weight excluding hydrogens is 334 g/mol. The summed E-state index contributed by atoms with van der Waals surface area (Å²) in [5.41, 5.74) is 1.11. The lowest BCUT2D eigenvalue weighted by Crippen LogP contribution is -2.31. The molecule has 1 aliphatic rings. The van der Waals surface area contributed by atoms with Gasteiger partial charge in [-0.15, -0.1) is 0 Å². The number of rotatable bonds is 6. The van der Waals surface area contributed by atoms with Crippen molar-refractivity contribution >= 4 is 11.9 Å². The van der Waals surface area contributed by atoms with Crippen LogP contribution in [0.4, 0.5) is 0 Å². The molecule has 1 N–H and O–H groups in total. The van der Waals surface area contributed by atoms with E-state index in [9.17, 15) is 14.7 Å². The standard InChI is InChI=1S/C19H23N3O4/c1-3-26-17(23)16-14(11-21-10-9-19(2,13-21)18(24)25)12-22(20-16)15-7-5-4-6-8-15/h4-8,12H,3,9-11,13H2,1-2H3,(H,24,25). The third-order valence-corrected chi connectivity index (χ3v) is 4.74. The maximum Gasteiger partial charge on any atom is 0.359 e. The highest BCUT2D eigenvalue weighted by Gasteiger charge is 2.40. The Balaban J connectivity index is 1.87. The normalized spacial score (nSPS) is 20.2. The number of benzene rings is 1. The lowest BCUT2D eigenvalue weighted by atomic mass is 9.90. The molecule has 0 aliphatic carbocycles. The first-order chi connectivity index (χ1) is 12.4. The van der Waals surface area contributed by atoms with E-state index in [4.69, 9.17) is 4.74 Å². The molecule has 0 amide bonds. The van der Waals surface area contributed by atoms with Crippen LogP contribution in [0.15, 0.2) is 36.5 Å². The zero-order valence-electron chi connectivity index (χ0n) is 15.0. The molecule has 1 atom stereocenters. The van der Waals surface area contributed by atoms with Crippen molar-refractivity contribution in [1.82, 2.24) is 14.7 Å². The number of nitrogens with zero attached hydrogens (tertiary/aromatic N) is 3. The van der Waals surface area contributed by atoms with Crippen molar-refractivity contribution in [2.24, 2.45) is 5.41 Å². The van der Waals surface area contributed by atoms with E-state index in [1.165, 1.54) is 0 Å². The Kier molecular flexibility index (Phi) is 5.08. The van der Waals surface area contributed by atoms with Gasteiger partial charge in [-0.1, -0.05) is 18.2 Å². The molecule has 1 aromatic carbocycles. The highest BCUT2D eigenvalue weighted by atomic mass is 16.5. The van der Waals surface area contributed by atoms with Crippen LogP contribution < -0.4 is 0 Å². The summed E-state index contributed by atoms with van der Waals surface area (Å²) in [6, 6.07) is 9.53. The van der Waals surface area contributed by atoms with Gasteiger partial charge in [0.2, 0.25) is 0 Å². The number of ether oxygens (including phenoxy) is 1. The minimum absolute atomic E-state index is 0.275. The summed E-state index contributed by atoms with van der Waals surface area (Å²) in [5.74, 6) is -1.25. The fourth-order valence-electron chi connectivity index (χ4n) is 3.22. The molecule has 2 heterocycles. The highest BCUT2D eigenvalue weighted by Crippen LogP contribution is 2.31. The lowest BCUT2D eigenvalue weighted by molar-refractivity contribution is -0.147. The summed E-state index contributed by atoms with van der Waals surface area (Å²) in [7, 11) is 0. The fourth-order valence-corrected chi connectivity index (χ4v) is 3.22. The molecule has 26 heavy (non-hydrogen) atoms. The van der Waals surface area contributed by atoms with Gasteiger partial charge < -0.3 is 9.84 Å². The van der Waals surface area contributed by atoms with Crippen LogP contribution in [0.1, 0.15) is 36.3 Å². The molecule has 1 aromatic heterocycles. The predicted octanol–water partition coefficient (Wildman–Crippen LogP) is 2.35. The first-order valence-electron chi connectivity index (χ1n) is 8.70. The Bertz CT molecular complexity index is 802. The minimum atomic E-state index is -0.786. The Labute approximate surface area is 152 Å². The molecule has 0 saturated carbocycles. The number of carbonyl (C=O) groups excluding carboxylic acids is 1. The number of hydrogen-bond acceptors (Lipinski definition) is 5. The van der Waals surface area contributed by atoms with Crippen LogP contribution in [-0.2, 0) is 16.1 Å². The van der Waals surface area contributed by atoms with Crippen molar-refractivity contribution in [3.8, 4) is 5.69 Å². The molecule has 138 valence electrons. The highest BCUT2D eigenvalue weighted by molar-refractivity contribution is 5.88. The molecule has 0 bridgehead atoms. The van der Waals surface area contributed by atoms with Gasteiger partial charge in [0.1, 0.15) is 0 Å². The van der Waals surface area contributed by atoms with Gasteiger partial charge >= 0.3 is 11.9 Å². The average molecular weight is 357 g/mol. The number of likely N-dealkylation sites (tertiary alicyclic amines) is 1. The first kappa shape index (κ1) is 18.1. The minimum Gasteiger partial charge on any atom is -0.481 e. The van der Waals surface area contributed by atoms with E-state index in [0.29, 0.717) is 26.1 Å². The van der Waals surface area contributed by atoms with E-state index in [0.717, 1.165) is 11.3 Å². The van der Waals surface area contributed by atoms with Crippen LogP contribution in [0.3, 0.4) is 0 Å². The Morgan fingerprint density at radius 3 is 2.65 bits per heavy atom. The molecular formula is C19H23N3O4. The molecule has 0 radical (unpaired) electrons. The van der Waals surface area contributed by atoms with Crippen LogP contribution in [0.25, 0.3) is 5.69 Å². The third-order valence-electron chi connectivity index (χ3n) is 4.74. The quantitative estimate of drug-likeness (QED) is 0.799. The Morgan fingerprint density at radius 1 is 1.31 bits per heavy atom. The Hall–Kier alpha value is -2.67. The lowest BCUT2D eigenvalue weighted by Gasteiger charge is -2.19. The summed E-state index contributed by atoms with van der Waals surface area (Å²) in [5, 5.41) is 13.8. The number of para-hydroxylation sites is 1. The molecule has 7 nitrogen and oxygen atoms in total. The smallest absolute Gasteiger partial charge is 0.359 e. The molecule has 1 unspecified atom stereocenters. The molecule has 7 heteroatoms. The molecule has 0 spiro atoms. The molecule has 3 rings (SSSR count). The maximum atomic E-state index is 12.3. The second-order valence-electron chi connectivity index (χ2n) is 6.83. The summed E-state index contributed by atoms with van der Waals surface area (Å²) >= 11 is 0. The van der Waals surface area contributed by atoms with Crippen LogP contribution >= 0.6 is 0 Å². The van der Waals surface area contributed by atoms with Gasteiger partial charge in [0, 0.05) is 24.8 Å². The summed E-state index contributed by atoms with van der Waals surface area (Å²) < 4.78 is 6.79.